The Bertz CT molecular complexity index is 461. The van der Waals surface area contributed by atoms with Crippen LogP contribution < -0.4 is 5.32 Å². The van der Waals surface area contributed by atoms with Crippen molar-refractivity contribution < 1.29 is 14.7 Å². The van der Waals surface area contributed by atoms with Crippen molar-refractivity contribution in [1.29, 1.82) is 0 Å². The first-order valence-corrected chi connectivity index (χ1v) is 7.81. The van der Waals surface area contributed by atoms with E-state index in [0.29, 0.717) is 17.3 Å². The zero-order chi connectivity index (χ0) is 14.5. The Labute approximate surface area is 122 Å². The third kappa shape index (κ3) is 3.50. The highest BCUT2D eigenvalue weighted by atomic mass is 32.1. The molecule has 1 saturated heterocycles. The van der Waals surface area contributed by atoms with Crippen LogP contribution in [-0.2, 0) is 4.79 Å². The molecule has 6 heteroatoms. The van der Waals surface area contributed by atoms with Crippen molar-refractivity contribution in [1.82, 2.24) is 10.2 Å². The molecule has 20 heavy (non-hydrogen) atoms. The number of amides is 2. The number of rotatable bonds is 5. The van der Waals surface area contributed by atoms with Gasteiger partial charge in [0.1, 0.15) is 0 Å². The van der Waals surface area contributed by atoms with E-state index in [4.69, 9.17) is 0 Å². The van der Waals surface area contributed by atoms with Gasteiger partial charge in [0.2, 0.25) is 0 Å². The van der Waals surface area contributed by atoms with Crippen molar-refractivity contribution in [3.8, 4) is 0 Å². The van der Waals surface area contributed by atoms with Crippen LogP contribution in [0.25, 0.3) is 0 Å². The summed E-state index contributed by atoms with van der Waals surface area (Å²) in [5.74, 6) is -0.471. The molecule has 2 heterocycles. The Kier molecular flexibility index (Phi) is 5.00. The van der Waals surface area contributed by atoms with E-state index in [1.54, 1.807) is 17.0 Å². The average molecular weight is 296 g/mol. The number of carbonyl (C=O) groups excluding carboxylic acids is 1. The Hall–Kier alpha value is -1.56. The lowest BCUT2D eigenvalue weighted by molar-refractivity contribution is -0.139. The molecule has 2 N–H and O–H groups in total. The molecule has 0 saturated carbocycles. The first-order valence-electron chi connectivity index (χ1n) is 6.93. The topological polar surface area (TPSA) is 69.6 Å². The summed E-state index contributed by atoms with van der Waals surface area (Å²) >= 11 is 1.34. The van der Waals surface area contributed by atoms with Crippen LogP contribution in [-0.4, -0.2) is 35.1 Å². The van der Waals surface area contributed by atoms with Crippen LogP contribution in [0.15, 0.2) is 17.5 Å². The third-order valence-electron chi connectivity index (χ3n) is 3.61. The fourth-order valence-electron chi connectivity index (χ4n) is 2.59. The van der Waals surface area contributed by atoms with Gasteiger partial charge in [0.05, 0.1) is 0 Å². The maximum absolute atomic E-state index is 12.2. The minimum absolute atomic E-state index is 0.274. The van der Waals surface area contributed by atoms with E-state index in [1.165, 1.54) is 11.3 Å². The molecule has 1 aliphatic rings. The highest BCUT2D eigenvalue weighted by Crippen LogP contribution is 2.23. The van der Waals surface area contributed by atoms with E-state index in [9.17, 15) is 14.7 Å². The zero-order valence-corrected chi connectivity index (χ0v) is 12.4. The number of hydrogen-bond acceptors (Lipinski definition) is 3. The molecular formula is C14H20N2O3S. The quantitative estimate of drug-likeness (QED) is 0.877. The number of carbonyl (C=O) groups is 2. The summed E-state index contributed by atoms with van der Waals surface area (Å²) in [7, 11) is 0. The van der Waals surface area contributed by atoms with Gasteiger partial charge in [-0.15, -0.1) is 11.3 Å². The van der Waals surface area contributed by atoms with E-state index >= 15 is 0 Å². The average Bonchev–Trinajstić information content (AvgIpc) is 3.06. The van der Waals surface area contributed by atoms with E-state index in [-0.39, 0.29) is 6.03 Å². The van der Waals surface area contributed by atoms with Crippen LogP contribution in [0.1, 0.15) is 37.1 Å². The number of carboxylic acid groups (broad SMARTS) is 1. The standard InChI is InChI=1S/C14H20N2O3S/c1-2-4-10-6-7-16(9-10)14(19)15-12(13(17)18)11-5-3-8-20-11/h3,5,8,10,12H,2,4,6-7,9H2,1H3,(H,15,19)(H,17,18). The van der Waals surface area contributed by atoms with Gasteiger partial charge in [-0.3, -0.25) is 0 Å². The first kappa shape index (κ1) is 14.8. The Morgan fingerprint density at radius 1 is 1.60 bits per heavy atom. The van der Waals surface area contributed by atoms with Crippen molar-refractivity contribution in [2.24, 2.45) is 5.92 Å². The fourth-order valence-corrected chi connectivity index (χ4v) is 3.35. The van der Waals surface area contributed by atoms with Gasteiger partial charge in [0, 0.05) is 18.0 Å². The summed E-state index contributed by atoms with van der Waals surface area (Å²) in [4.78, 5) is 25.8. The minimum atomic E-state index is -1.02. The van der Waals surface area contributed by atoms with Crippen LogP contribution in [0, 0.1) is 5.92 Å². The minimum Gasteiger partial charge on any atom is -0.479 e. The second kappa shape index (κ2) is 6.74. The molecule has 2 unspecified atom stereocenters. The van der Waals surface area contributed by atoms with Gasteiger partial charge in [-0.2, -0.15) is 0 Å². The monoisotopic (exact) mass is 296 g/mol. The van der Waals surface area contributed by atoms with Crippen molar-refractivity contribution >= 4 is 23.3 Å². The van der Waals surface area contributed by atoms with Gasteiger partial charge < -0.3 is 15.3 Å². The van der Waals surface area contributed by atoms with Gasteiger partial charge in [-0.05, 0) is 30.2 Å². The lowest BCUT2D eigenvalue weighted by Gasteiger charge is -2.20. The zero-order valence-electron chi connectivity index (χ0n) is 11.5. The Morgan fingerprint density at radius 3 is 3.00 bits per heavy atom. The van der Waals surface area contributed by atoms with Gasteiger partial charge >= 0.3 is 12.0 Å². The lowest BCUT2D eigenvalue weighted by Crippen LogP contribution is -2.42. The Balaban J connectivity index is 1.94. The summed E-state index contributed by atoms with van der Waals surface area (Å²) in [6, 6.07) is 2.29. The molecule has 1 aromatic heterocycles. The maximum atomic E-state index is 12.2. The second-order valence-electron chi connectivity index (χ2n) is 5.13. The summed E-state index contributed by atoms with van der Waals surface area (Å²) < 4.78 is 0. The molecule has 0 spiro atoms. The predicted molar refractivity (Wildman–Crippen MR) is 77.8 cm³/mol. The summed E-state index contributed by atoms with van der Waals surface area (Å²) in [5, 5.41) is 13.7. The Morgan fingerprint density at radius 2 is 2.40 bits per heavy atom. The number of thiophene rings is 1. The number of urea groups is 1. The number of nitrogens with zero attached hydrogens (tertiary/aromatic N) is 1. The third-order valence-corrected chi connectivity index (χ3v) is 4.55. The van der Waals surface area contributed by atoms with Crippen molar-refractivity contribution in [3.63, 3.8) is 0 Å². The molecule has 2 amide bonds. The number of aliphatic carboxylic acids is 1. The van der Waals surface area contributed by atoms with Gasteiger partial charge in [-0.1, -0.05) is 19.4 Å². The molecule has 0 bridgehead atoms. The van der Waals surface area contributed by atoms with Crippen LogP contribution in [0.3, 0.4) is 0 Å². The number of nitrogens with one attached hydrogen (secondary N) is 1. The van der Waals surface area contributed by atoms with Crippen molar-refractivity contribution in [2.75, 3.05) is 13.1 Å². The molecule has 1 fully saturated rings. The smallest absolute Gasteiger partial charge is 0.331 e. The normalized spacial score (nSPS) is 19.9. The van der Waals surface area contributed by atoms with E-state index in [2.05, 4.69) is 12.2 Å². The van der Waals surface area contributed by atoms with Gasteiger partial charge in [0.15, 0.2) is 6.04 Å². The first-order chi connectivity index (χ1) is 9.61. The molecular weight excluding hydrogens is 276 g/mol. The van der Waals surface area contributed by atoms with Gasteiger partial charge in [0.25, 0.3) is 0 Å². The molecule has 2 atom stereocenters. The molecule has 2 rings (SSSR count). The number of hydrogen-bond donors (Lipinski definition) is 2. The van der Waals surface area contributed by atoms with Crippen molar-refractivity contribution in [2.45, 2.75) is 32.2 Å². The van der Waals surface area contributed by atoms with Crippen molar-refractivity contribution in [3.05, 3.63) is 22.4 Å². The molecule has 0 aliphatic carbocycles. The van der Waals surface area contributed by atoms with Crippen LogP contribution in [0.2, 0.25) is 0 Å². The number of likely N-dealkylation sites (tertiary alicyclic amines) is 1. The highest BCUT2D eigenvalue weighted by molar-refractivity contribution is 7.10. The summed E-state index contributed by atoms with van der Waals surface area (Å²) in [6.45, 7) is 3.59. The van der Waals surface area contributed by atoms with Crippen LogP contribution in [0.5, 0.6) is 0 Å². The molecule has 0 aromatic carbocycles. The highest BCUT2D eigenvalue weighted by Gasteiger charge is 2.29. The van der Waals surface area contributed by atoms with Crippen LogP contribution >= 0.6 is 11.3 Å². The van der Waals surface area contributed by atoms with E-state index in [1.807, 2.05) is 5.38 Å². The fraction of sp³-hybridized carbons (Fsp3) is 0.571. The molecule has 1 aromatic rings. The molecule has 0 radical (unpaired) electrons. The van der Waals surface area contributed by atoms with Crippen LogP contribution in [0.4, 0.5) is 4.79 Å². The van der Waals surface area contributed by atoms with E-state index in [0.717, 1.165) is 25.8 Å². The summed E-state index contributed by atoms with van der Waals surface area (Å²) in [6.07, 6.45) is 3.25. The lowest BCUT2D eigenvalue weighted by atomic mass is 10.0. The largest absolute Gasteiger partial charge is 0.479 e. The SMILES string of the molecule is CCCC1CCN(C(=O)NC(C(=O)O)c2cccs2)C1. The molecule has 1 aliphatic heterocycles. The molecule has 5 nitrogen and oxygen atoms in total. The predicted octanol–water partition coefficient (Wildman–Crippen LogP) is 2.71. The number of carboxylic acids is 1. The summed E-state index contributed by atoms with van der Waals surface area (Å²) in [5.41, 5.74) is 0. The van der Waals surface area contributed by atoms with E-state index < -0.39 is 12.0 Å². The van der Waals surface area contributed by atoms with Gasteiger partial charge in [-0.25, -0.2) is 9.59 Å². The second-order valence-corrected chi connectivity index (χ2v) is 6.10. The molecule has 110 valence electrons. The maximum Gasteiger partial charge on any atom is 0.331 e.